The third kappa shape index (κ3) is 16.5. The summed E-state index contributed by atoms with van der Waals surface area (Å²) in [5, 5.41) is 0. The Morgan fingerprint density at radius 2 is 1.50 bits per heavy atom. The van der Waals surface area contributed by atoms with Gasteiger partial charge in [-0.1, -0.05) is 27.7 Å². The standard InChI is InChI=1S/C9H20O.C2H6/c1-8(2)6-5-7-10-9(3)4;1-2/h8-9H,5-7H2,1-4H3;1-2H3. The molecule has 0 aromatic heterocycles. The third-order valence-electron chi connectivity index (χ3n) is 1.38. The zero-order valence-electron chi connectivity index (χ0n) is 9.68. The molecule has 0 aromatic rings. The van der Waals surface area contributed by atoms with Crippen LogP contribution in [0.2, 0.25) is 0 Å². The van der Waals surface area contributed by atoms with Gasteiger partial charge in [0.05, 0.1) is 6.10 Å². The quantitative estimate of drug-likeness (QED) is 0.575. The van der Waals surface area contributed by atoms with E-state index in [-0.39, 0.29) is 0 Å². The molecule has 0 bridgehead atoms. The molecule has 0 aliphatic heterocycles. The van der Waals surface area contributed by atoms with Gasteiger partial charge in [-0.25, -0.2) is 0 Å². The lowest BCUT2D eigenvalue weighted by Gasteiger charge is -2.07. The lowest BCUT2D eigenvalue weighted by Crippen LogP contribution is -2.04. The van der Waals surface area contributed by atoms with Crippen molar-refractivity contribution in [2.45, 2.75) is 60.5 Å². The first-order valence-electron chi connectivity index (χ1n) is 5.24. The minimum absolute atomic E-state index is 0.396. The fraction of sp³-hybridized carbons (Fsp3) is 1.00. The van der Waals surface area contributed by atoms with Gasteiger partial charge in [0.2, 0.25) is 0 Å². The van der Waals surface area contributed by atoms with Crippen LogP contribution in [0.4, 0.5) is 0 Å². The van der Waals surface area contributed by atoms with Crippen molar-refractivity contribution in [3.63, 3.8) is 0 Å². The fourth-order valence-corrected chi connectivity index (χ4v) is 0.811. The second kappa shape index (κ2) is 11.0. The van der Waals surface area contributed by atoms with Crippen LogP contribution in [0.5, 0.6) is 0 Å². The van der Waals surface area contributed by atoms with Crippen molar-refractivity contribution < 1.29 is 4.74 Å². The van der Waals surface area contributed by atoms with Gasteiger partial charge in [-0.2, -0.15) is 0 Å². The first-order chi connectivity index (χ1) is 5.63. The van der Waals surface area contributed by atoms with Crippen molar-refractivity contribution in [3.05, 3.63) is 0 Å². The molecule has 0 fully saturated rings. The van der Waals surface area contributed by atoms with Crippen molar-refractivity contribution in [3.8, 4) is 0 Å². The molecular formula is C11H26O. The smallest absolute Gasteiger partial charge is 0.0518 e. The van der Waals surface area contributed by atoms with Gasteiger partial charge in [0.25, 0.3) is 0 Å². The highest BCUT2D eigenvalue weighted by Crippen LogP contribution is 2.03. The maximum atomic E-state index is 5.39. The molecular weight excluding hydrogens is 148 g/mol. The van der Waals surface area contributed by atoms with Crippen LogP contribution >= 0.6 is 0 Å². The highest BCUT2D eigenvalue weighted by molar-refractivity contribution is 4.45. The Bertz CT molecular complexity index is 57.4. The van der Waals surface area contributed by atoms with Crippen LogP contribution in [0, 0.1) is 5.92 Å². The van der Waals surface area contributed by atoms with Crippen molar-refractivity contribution >= 4 is 0 Å². The van der Waals surface area contributed by atoms with E-state index in [9.17, 15) is 0 Å². The summed E-state index contributed by atoms with van der Waals surface area (Å²) in [4.78, 5) is 0. The maximum absolute atomic E-state index is 5.39. The van der Waals surface area contributed by atoms with E-state index in [0.29, 0.717) is 6.10 Å². The van der Waals surface area contributed by atoms with Crippen LogP contribution in [0.15, 0.2) is 0 Å². The summed E-state index contributed by atoms with van der Waals surface area (Å²) in [5.41, 5.74) is 0. The van der Waals surface area contributed by atoms with Crippen LogP contribution in [-0.4, -0.2) is 12.7 Å². The van der Waals surface area contributed by atoms with Gasteiger partial charge in [-0.05, 0) is 32.6 Å². The van der Waals surface area contributed by atoms with Crippen LogP contribution in [0.1, 0.15) is 54.4 Å². The lowest BCUT2D eigenvalue weighted by atomic mass is 10.1. The molecule has 76 valence electrons. The van der Waals surface area contributed by atoms with Crippen molar-refractivity contribution in [1.82, 2.24) is 0 Å². The number of rotatable bonds is 5. The van der Waals surface area contributed by atoms with Crippen LogP contribution < -0.4 is 0 Å². The van der Waals surface area contributed by atoms with Gasteiger partial charge in [0.15, 0.2) is 0 Å². The summed E-state index contributed by atoms with van der Waals surface area (Å²) in [5.74, 6) is 0.816. The van der Waals surface area contributed by atoms with E-state index in [1.54, 1.807) is 0 Å². The van der Waals surface area contributed by atoms with E-state index in [1.807, 2.05) is 13.8 Å². The van der Waals surface area contributed by atoms with Crippen molar-refractivity contribution in [2.24, 2.45) is 5.92 Å². The minimum Gasteiger partial charge on any atom is -0.379 e. The van der Waals surface area contributed by atoms with E-state index in [1.165, 1.54) is 12.8 Å². The largest absolute Gasteiger partial charge is 0.379 e. The molecule has 12 heavy (non-hydrogen) atoms. The summed E-state index contributed by atoms with van der Waals surface area (Å²) in [6.45, 7) is 13.6. The molecule has 0 rings (SSSR count). The summed E-state index contributed by atoms with van der Waals surface area (Å²) in [6.07, 6.45) is 2.88. The highest BCUT2D eigenvalue weighted by Gasteiger charge is 1.95. The molecule has 0 atom stereocenters. The Morgan fingerprint density at radius 1 is 1.00 bits per heavy atom. The minimum atomic E-state index is 0.396. The topological polar surface area (TPSA) is 9.23 Å². The summed E-state index contributed by atoms with van der Waals surface area (Å²) in [6, 6.07) is 0. The summed E-state index contributed by atoms with van der Waals surface area (Å²) in [7, 11) is 0. The molecule has 0 unspecified atom stereocenters. The molecule has 0 aliphatic carbocycles. The first-order valence-corrected chi connectivity index (χ1v) is 5.24. The van der Waals surface area contributed by atoms with Gasteiger partial charge >= 0.3 is 0 Å². The normalized spacial score (nSPS) is 10.0. The van der Waals surface area contributed by atoms with Gasteiger partial charge in [0, 0.05) is 6.61 Å². The van der Waals surface area contributed by atoms with E-state index < -0.39 is 0 Å². The average molecular weight is 174 g/mol. The second-order valence-corrected chi connectivity index (χ2v) is 3.46. The second-order valence-electron chi connectivity index (χ2n) is 3.46. The lowest BCUT2D eigenvalue weighted by molar-refractivity contribution is 0.0743. The Morgan fingerprint density at radius 3 is 1.83 bits per heavy atom. The fourth-order valence-electron chi connectivity index (χ4n) is 0.811. The SMILES string of the molecule is CC.CC(C)CCCOC(C)C. The summed E-state index contributed by atoms with van der Waals surface area (Å²) < 4.78 is 5.39. The Kier molecular flexibility index (Phi) is 13.2. The molecule has 0 amide bonds. The Labute approximate surface area is 78.5 Å². The predicted molar refractivity (Wildman–Crippen MR) is 56.5 cm³/mol. The number of hydrogen-bond donors (Lipinski definition) is 0. The molecule has 0 saturated carbocycles. The maximum Gasteiger partial charge on any atom is 0.0518 e. The van der Waals surface area contributed by atoms with Crippen LogP contribution in [0.3, 0.4) is 0 Å². The van der Waals surface area contributed by atoms with Gasteiger partial charge in [-0.15, -0.1) is 0 Å². The molecule has 0 saturated heterocycles. The molecule has 0 N–H and O–H groups in total. The van der Waals surface area contributed by atoms with E-state index in [0.717, 1.165) is 12.5 Å². The third-order valence-corrected chi connectivity index (χ3v) is 1.38. The predicted octanol–water partition coefficient (Wildman–Crippen LogP) is 3.87. The molecule has 1 heteroatoms. The van der Waals surface area contributed by atoms with Gasteiger partial charge < -0.3 is 4.74 Å². The van der Waals surface area contributed by atoms with Gasteiger partial charge in [0.1, 0.15) is 0 Å². The first kappa shape index (κ1) is 14.5. The number of hydrogen-bond acceptors (Lipinski definition) is 1. The van der Waals surface area contributed by atoms with Crippen LogP contribution in [0.25, 0.3) is 0 Å². The number of ether oxygens (including phenoxy) is 1. The van der Waals surface area contributed by atoms with E-state index in [4.69, 9.17) is 4.74 Å². The molecule has 0 aromatic carbocycles. The van der Waals surface area contributed by atoms with Gasteiger partial charge in [-0.3, -0.25) is 0 Å². The average Bonchev–Trinajstić information content (AvgIpc) is 2.02. The van der Waals surface area contributed by atoms with E-state index >= 15 is 0 Å². The zero-order chi connectivity index (χ0) is 9.98. The molecule has 0 aliphatic rings. The molecule has 1 nitrogen and oxygen atoms in total. The van der Waals surface area contributed by atoms with Crippen molar-refractivity contribution in [2.75, 3.05) is 6.61 Å². The van der Waals surface area contributed by atoms with E-state index in [2.05, 4.69) is 27.7 Å². The molecule has 0 radical (unpaired) electrons. The zero-order valence-corrected chi connectivity index (χ0v) is 9.68. The Balaban J connectivity index is 0. The highest BCUT2D eigenvalue weighted by atomic mass is 16.5. The van der Waals surface area contributed by atoms with Crippen LogP contribution in [-0.2, 0) is 4.74 Å². The monoisotopic (exact) mass is 174 g/mol. The molecule has 0 spiro atoms. The van der Waals surface area contributed by atoms with Crippen molar-refractivity contribution in [1.29, 1.82) is 0 Å². The molecule has 0 heterocycles. The Hall–Kier alpha value is -0.0400. The summed E-state index contributed by atoms with van der Waals surface area (Å²) >= 11 is 0.